The van der Waals surface area contributed by atoms with Gasteiger partial charge in [-0.3, -0.25) is 4.98 Å². The van der Waals surface area contributed by atoms with Crippen molar-refractivity contribution in [3.63, 3.8) is 0 Å². The highest BCUT2D eigenvalue weighted by Crippen LogP contribution is 2.35. The molecular formula is C12H17N7O. The Morgan fingerprint density at radius 2 is 2.25 bits per heavy atom. The largest absolute Gasteiger partial charge is 0.363 e. The number of aryl methyl sites for hydroxylation is 1. The molecule has 8 heteroatoms. The SMILES string of the molecule is Cc1nc(NCc2n[nH]c(=O)[nH]2)cc(C2CC(N)C2)n1. The highest BCUT2D eigenvalue weighted by Gasteiger charge is 2.28. The Morgan fingerprint density at radius 3 is 2.90 bits per heavy atom. The van der Waals surface area contributed by atoms with Crippen LogP contribution in [0.1, 0.15) is 36.1 Å². The van der Waals surface area contributed by atoms with Gasteiger partial charge in [0.2, 0.25) is 0 Å². The second-order valence-electron chi connectivity index (χ2n) is 5.13. The standard InChI is InChI=1S/C12H17N7O/c1-6-15-9(7-2-8(13)3-7)4-10(16-6)14-5-11-17-12(20)19-18-11/h4,7-8H,2-3,5,13H2,1H3,(H,14,15,16)(H2,17,18,19,20). The number of rotatable bonds is 4. The summed E-state index contributed by atoms with van der Waals surface area (Å²) in [4.78, 5) is 22.3. The van der Waals surface area contributed by atoms with Crippen LogP contribution in [0.25, 0.3) is 0 Å². The van der Waals surface area contributed by atoms with Crippen molar-refractivity contribution >= 4 is 5.82 Å². The molecule has 0 atom stereocenters. The van der Waals surface area contributed by atoms with Gasteiger partial charge >= 0.3 is 5.69 Å². The lowest BCUT2D eigenvalue weighted by atomic mass is 9.78. The molecule has 0 bridgehead atoms. The summed E-state index contributed by atoms with van der Waals surface area (Å²) in [7, 11) is 0. The van der Waals surface area contributed by atoms with Crippen molar-refractivity contribution in [3.8, 4) is 0 Å². The maximum absolute atomic E-state index is 10.9. The molecule has 5 N–H and O–H groups in total. The average Bonchev–Trinajstić information content (AvgIpc) is 2.78. The number of hydrogen-bond donors (Lipinski definition) is 4. The predicted octanol–water partition coefficient (Wildman–Crippen LogP) is 0.0132. The van der Waals surface area contributed by atoms with Gasteiger partial charge in [0.25, 0.3) is 0 Å². The van der Waals surface area contributed by atoms with Crippen LogP contribution in [0.4, 0.5) is 5.82 Å². The zero-order valence-electron chi connectivity index (χ0n) is 11.2. The van der Waals surface area contributed by atoms with Crippen LogP contribution in [0.5, 0.6) is 0 Å². The molecule has 8 nitrogen and oxygen atoms in total. The summed E-state index contributed by atoms with van der Waals surface area (Å²) >= 11 is 0. The lowest BCUT2D eigenvalue weighted by Crippen LogP contribution is -2.35. The van der Waals surface area contributed by atoms with Gasteiger partial charge in [-0.05, 0) is 19.8 Å². The molecule has 0 radical (unpaired) electrons. The minimum Gasteiger partial charge on any atom is -0.363 e. The highest BCUT2D eigenvalue weighted by atomic mass is 16.1. The first-order valence-corrected chi connectivity index (χ1v) is 6.59. The van der Waals surface area contributed by atoms with Gasteiger partial charge in [-0.15, -0.1) is 0 Å². The van der Waals surface area contributed by atoms with Crippen molar-refractivity contribution in [3.05, 3.63) is 33.9 Å². The fourth-order valence-corrected chi connectivity index (χ4v) is 2.36. The molecule has 0 unspecified atom stereocenters. The summed E-state index contributed by atoms with van der Waals surface area (Å²) in [5.74, 6) is 2.42. The molecule has 0 aromatic carbocycles. The van der Waals surface area contributed by atoms with Crippen molar-refractivity contribution in [2.24, 2.45) is 5.73 Å². The molecule has 106 valence electrons. The topological polar surface area (TPSA) is 125 Å². The van der Waals surface area contributed by atoms with E-state index in [1.807, 2.05) is 13.0 Å². The molecule has 0 aliphatic heterocycles. The minimum absolute atomic E-state index is 0.292. The Labute approximate surface area is 115 Å². The predicted molar refractivity (Wildman–Crippen MR) is 73.3 cm³/mol. The van der Waals surface area contributed by atoms with E-state index in [1.54, 1.807) is 0 Å². The molecule has 1 aliphatic carbocycles. The summed E-state index contributed by atoms with van der Waals surface area (Å²) in [6.07, 6.45) is 1.95. The van der Waals surface area contributed by atoms with Crippen molar-refractivity contribution in [1.82, 2.24) is 25.1 Å². The number of nitrogens with one attached hydrogen (secondary N) is 3. The van der Waals surface area contributed by atoms with Gasteiger partial charge in [-0.1, -0.05) is 0 Å². The van der Waals surface area contributed by atoms with Crippen LogP contribution in [0, 0.1) is 6.92 Å². The fraction of sp³-hybridized carbons (Fsp3) is 0.500. The molecular weight excluding hydrogens is 258 g/mol. The van der Waals surface area contributed by atoms with E-state index in [9.17, 15) is 4.79 Å². The minimum atomic E-state index is -0.315. The van der Waals surface area contributed by atoms with Crippen LogP contribution in [0.15, 0.2) is 10.9 Å². The van der Waals surface area contributed by atoms with E-state index in [-0.39, 0.29) is 5.69 Å². The first-order valence-electron chi connectivity index (χ1n) is 6.59. The van der Waals surface area contributed by atoms with E-state index in [0.29, 0.717) is 24.3 Å². The number of anilines is 1. The van der Waals surface area contributed by atoms with Gasteiger partial charge in [0.1, 0.15) is 17.5 Å². The van der Waals surface area contributed by atoms with Crippen LogP contribution in [-0.4, -0.2) is 31.2 Å². The second kappa shape index (κ2) is 5.04. The first-order chi connectivity index (χ1) is 9.60. The normalized spacial score (nSPS) is 21.5. The third-order valence-electron chi connectivity index (χ3n) is 3.44. The van der Waals surface area contributed by atoms with E-state index in [4.69, 9.17) is 5.73 Å². The van der Waals surface area contributed by atoms with E-state index in [0.717, 1.165) is 30.2 Å². The lowest BCUT2D eigenvalue weighted by molar-refractivity contribution is 0.344. The van der Waals surface area contributed by atoms with Crippen molar-refractivity contribution in [1.29, 1.82) is 0 Å². The first kappa shape index (κ1) is 12.8. The van der Waals surface area contributed by atoms with Gasteiger partial charge in [0.15, 0.2) is 0 Å². The van der Waals surface area contributed by atoms with Gasteiger partial charge in [0.05, 0.1) is 6.54 Å². The van der Waals surface area contributed by atoms with Crippen molar-refractivity contribution < 1.29 is 0 Å². The molecule has 1 saturated carbocycles. The molecule has 0 amide bonds. The number of nitrogens with two attached hydrogens (primary N) is 1. The highest BCUT2D eigenvalue weighted by molar-refractivity contribution is 5.37. The number of aromatic nitrogens is 5. The summed E-state index contributed by atoms with van der Waals surface area (Å²) in [6.45, 7) is 2.27. The fourth-order valence-electron chi connectivity index (χ4n) is 2.36. The Balaban J connectivity index is 1.71. The van der Waals surface area contributed by atoms with E-state index in [1.165, 1.54) is 0 Å². The van der Waals surface area contributed by atoms with Crippen LogP contribution >= 0.6 is 0 Å². The molecule has 0 saturated heterocycles. The lowest BCUT2D eigenvalue weighted by Gasteiger charge is -2.32. The maximum Gasteiger partial charge on any atom is 0.340 e. The molecule has 1 aliphatic rings. The van der Waals surface area contributed by atoms with Gasteiger partial charge in [-0.2, -0.15) is 5.10 Å². The Kier molecular flexibility index (Phi) is 3.23. The monoisotopic (exact) mass is 275 g/mol. The van der Waals surface area contributed by atoms with Crippen LogP contribution in [0.3, 0.4) is 0 Å². The molecule has 3 rings (SSSR count). The Bertz CT molecular complexity index is 656. The molecule has 2 heterocycles. The summed E-state index contributed by atoms with van der Waals surface area (Å²) in [5, 5.41) is 9.29. The number of H-pyrrole nitrogens is 2. The van der Waals surface area contributed by atoms with Gasteiger partial charge in [-0.25, -0.2) is 19.9 Å². The molecule has 2 aromatic heterocycles. The Hall–Kier alpha value is -2.22. The molecule has 20 heavy (non-hydrogen) atoms. The van der Waals surface area contributed by atoms with Crippen LogP contribution in [-0.2, 0) is 6.54 Å². The zero-order chi connectivity index (χ0) is 14.1. The van der Waals surface area contributed by atoms with E-state index >= 15 is 0 Å². The smallest absolute Gasteiger partial charge is 0.340 e. The molecule has 0 spiro atoms. The van der Waals surface area contributed by atoms with E-state index in [2.05, 4.69) is 30.5 Å². The summed E-state index contributed by atoms with van der Waals surface area (Å²) in [5.41, 5.74) is 6.53. The van der Waals surface area contributed by atoms with Gasteiger partial charge in [0, 0.05) is 23.7 Å². The van der Waals surface area contributed by atoms with Crippen LogP contribution < -0.4 is 16.7 Å². The number of aromatic amines is 2. The third kappa shape index (κ3) is 2.69. The average molecular weight is 275 g/mol. The van der Waals surface area contributed by atoms with Crippen molar-refractivity contribution in [2.45, 2.75) is 38.3 Å². The quantitative estimate of drug-likeness (QED) is 0.623. The number of nitrogens with zero attached hydrogens (tertiary/aromatic N) is 3. The maximum atomic E-state index is 10.9. The Morgan fingerprint density at radius 1 is 1.45 bits per heavy atom. The molecule has 2 aromatic rings. The summed E-state index contributed by atoms with van der Waals surface area (Å²) < 4.78 is 0. The number of hydrogen-bond acceptors (Lipinski definition) is 6. The summed E-state index contributed by atoms with van der Waals surface area (Å²) in [6, 6.07) is 2.23. The van der Waals surface area contributed by atoms with Crippen LogP contribution in [0.2, 0.25) is 0 Å². The third-order valence-corrected chi connectivity index (χ3v) is 3.44. The second-order valence-corrected chi connectivity index (χ2v) is 5.13. The molecule has 1 fully saturated rings. The van der Waals surface area contributed by atoms with Gasteiger partial charge < -0.3 is 11.1 Å². The van der Waals surface area contributed by atoms with Crippen molar-refractivity contribution in [2.75, 3.05) is 5.32 Å². The van der Waals surface area contributed by atoms with E-state index < -0.39 is 0 Å². The zero-order valence-corrected chi connectivity index (χ0v) is 11.2.